The second kappa shape index (κ2) is 27.8. The predicted molar refractivity (Wildman–Crippen MR) is 280 cm³/mol. The van der Waals surface area contributed by atoms with Crippen molar-refractivity contribution in [2.45, 2.75) is 168 Å². The van der Waals surface area contributed by atoms with Crippen molar-refractivity contribution in [2.24, 2.45) is 41.4 Å². The van der Waals surface area contributed by atoms with E-state index in [1.54, 1.807) is 55.1 Å². The van der Waals surface area contributed by atoms with Gasteiger partial charge in [0.15, 0.2) is 5.78 Å². The Morgan fingerprint density at radius 2 is 1.63 bits per heavy atom. The fourth-order valence-electron chi connectivity index (χ4n) is 11.8. The van der Waals surface area contributed by atoms with Gasteiger partial charge in [0.05, 0.1) is 61.7 Å². The highest BCUT2D eigenvalue weighted by Gasteiger charge is 2.49. The molecule has 21 heteroatoms. The number of benzene rings is 1. The van der Waals surface area contributed by atoms with Crippen molar-refractivity contribution >= 4 is 51.2 Å². The second-order valence-corrected chi connectivity index (χ2v) is 23.7. The SMILES string of the molecule is CC[C@H](C)[C@@H]([C@@H](CC(=O)N1CCC[C@H]1[C@H](OC)[C@@H](C)C(=O)C[C@@H](Cc1ccccc1)C(=O)NS(=O)(=O)CCCn1cc(CNC(=O)C(C)CC(=O)O)nn1)OC)N(C)C(=O)[C@@H](CC(=O)[C@@H]1[C@H]2CC[C@H](C2)N1C)C(C)C. The number of carbonyl (C=O) groups excluding carboxylic acids is 6. The molecule has 12 atom stereocenters. The number of nitrogens with zero attached hydrogens (tertiary/aromatic N) is 6. The number of fused-ring (bicyclic) bond motifs is 2. The number of likely N-dealkylation sites (N-methyl/N-ethyl adjacent to an activating group) is 2. The topological polar surface area (TPSA) is 257 Å². The highest BCUT2D eigenvalue weighted by molar-refractivity contribution is 7.90. The summed E-state index contributed by atoms with van der Waals surface area (Å²) in [5.41, 5.74) is 1.11. The number of Topliss-reactive ketones (excluding diaryl/α,β-unsaturated/α-hetero) is 2. The Bertz CT molecular complexity index is 2380. The first-order valence-electron chi connectivity index (χ1n) is 26.9. The summed E-state index contributed by atoms with van der Waals surface area (Å²) in [6.45, 7) is 11.8. The molecule has 0 radical (unpaired) electrons. The van der Waals surface area contributed by atoms with E-state index in [1.165, 1.54) is 24.9 Å². The number of likely N-dealkylation sites (tertiary alicyclic amines) is 2. The number of carbonyl (C=O) groups is 7. The molecule has 2 aliphatic heterocycles. The van der Waals surface area contributed by atoms with Crippen LogP contribution in [0, 0.1) is 41.4 Å². The number of amides is 4. The molecule has 1 aromatic carbocycles. The average molecular weight is 1070 g/mol. The third-order valence-corrected chi connectivity index (χ3v) is 17.6. The molecule has 3 heterocycles. The summed E-state index contributed by atoms with van der Waals surface area (Å²) < 4.78 is 42.4. The Kier molecular flexibility index (Phi) is 22.5. The third-order valence-electron chi connectivity index (χ3n) is 16.3. The van der Waals surface area contributed by atoms with Gasteiger partial charge in [-0.3, -0.25) is 47.9 Å². The highest BCUT2D eigenvalue weighted by atomic mass is 32.2. The van der Waals surface area contributed by atoms with Gasteiger partial charge in [0.2, 0.25) is 33.7 Å². The number of carboxylic acid groups (broad SMARTS) is 1. The van der Waals surface area contributed by atoms with Crippen LogP contribution < -0.4 is 10.0 Å². The van der Waals surface area contributed by atoms with Crippen LogP contribution >= 0.6 is 0 Å². The average Bonchev–Trinajstić information content (AvgIpc) is 4.20. The number of methoxy groups -OCH3 is 2. The number of aliphatic carboxylic acids is 1. The first-order chi connectivity index (χ1) is 35.5. The number of aromatic nitrogens is 3. The van der Waals surface area contributed by atoms with E-state index in [0.717, 1.165) is 24.8 Å². The molecule has 1 unspecified atom stereocenters. The molecule has 3 N–H and O–H groups in total. The maximum Gasteiger partial charge on any atom is 0.304 e. The van der Waals surface area contributed by atoms with Crippen molar-refractivity contribution in [3.8, 4) is 0 Å². The van der Waals surface area contributed by atoms with Crippen LogP contribution in [0.3, 0.4) is 0 Å². The van der Waals surface area contributed by atoms with Gasteiger partial charge in [-0.05, 0) is 75.3 Å². The summed E-state index contributed by atoms with van der Waals surface area (Å²) >= 11 is 0. The monoisotopic (exact) mass is 1070 g/mol. The molecule has 0 spiro atoms. The zero-order valence-corrected chi connectivity index (χ0v) is 46.6. The normalized spacial score (nSPS) is 21.9. The molecule has 2 saturated heterocycles. The Morgan fingerprint density at radius 3 is 2.24 bits per heavy atom. The van der Waals surface area contributed by atoms with Crippen LogP contribution in [-0.4, -0.2) is 161 Å². The number of ether oxygens (including phenoxy) is 2. The van der Waals surface area contributed by atoms with Gasteiger partial charge in [-0.1, -0.05) is 83.5 Å². The van der Waals surface area contributed by atoms with Crippen molar-refractivity contribution in [2.75, 3.05) is 40.6 Å². The maximum atomic E-state index is 14.5. The van der Waals surface area contributed by atoms with Crippen LogP contribution in [0.2, 0.25) is 0 Å². The van der Waals surface area contributed by atoms with Gasteiger partial charge in [-0.25, -0.2) is 8.42 Å². The van der Waals surface area contributed by atoms with E-state index in [-0.39, 0.29) is 92.9 Å². The zero-order chi connectivity index (χ0) is 55.3. The molecule has 2 bridgehead atoms. The molecule has 3 aliphatic rings. The molecule has 4 amide bonds. The summed E-state index contributed by atoms with van der Waals surface area (Å²) in [4.78, 5) is 100. The van der Waals surface area contributed by atoms with Crippen molar-refractivity contribution in [1.29, 1.82) is 0 Å². The van der Waals surface area contributed by atoms with Gasteiger partial charge in [-0.2, -0.15) is 0 Å². The lowest BCUT2D eigenvalue weighted by Gasteiger charge is -2.41. The van der Waals surface area contributed by atoms with E-state index in [2.05, 4.69) is 25.3 Å². The number of piperidine rings is 1. The van der Waals surface area contributed by atoms with Crippen LogP contribution in [0.15, 0.2) is 36.5 Å². The van der Waals surface area contributed by atoms with E-state index in [4.69, 9.17) is 14.6 Å². The van der Waals surface area contributed by atoms with Crippen LogP contribution in [0.4, 0.5) is 0 Å². The van der Waals surface area contributed by atoms with Crippen LogP contribution in [0.25, 0.3) is 0 Å². The van der Waals surface area contributed by atoms with Gasteiger partial charge in [0.25, 0.3) is 0 Å². The van der Waals surface area contributed by atoms with E-state index in [9.17, 15) is 42.0 Å². The first kappa shape index (κ1) is 60.7. The molecule has 2 aromatic rings. The lowest BCUT2D eigenvalue weighted by atomic mass is 9.83. The van der Waals surface area contributed by atoms with Gasteiger partial charge in [-0.15, -0.1) is 5.10 Å². The minimum absolute atomic E-state index is 0.000157. The summed E-state index contributed by atoms with van der Waals surface area (Å²) in [6.07, 6.45) is 4.83. The lowest BCUT2D eigenvalue weighted by Crippen LogP contribution is -2.54. The van der Waals surface area contributed by atoms with Crippen molar-refractivity contribution in [3.63, 3.8) is 0 Å². The number of hydrogen-bond donors (Lipinski definition) is 3. The summed E-state index contributed by atoms with van der Waals surface area (Å²) in [5.74, 6) is -6.34. The minimum atomic E-state index is -4.18. The largest absolute Gasteiger partial charge is 0.481 e. The molecular formula is C54H84N8O12S. The molecule has 75 heavy (non-hydrogen) atoms. The number of rotatable bonds is 31. The van der Waals surface area contributed by atoms with Crippen molar-refractivity contribution in [1.82, 2.24) is 39.7 Å². The van der Waals surface area contributed by atoms with Crippen LogP contribution in [0.5, 0.6) is 0 Å². The number of aryl methyl sites for hydroxylation is 1. The Balaban J connectivity index is 1.22. The number of ketones is 2. The third kappa shape index (κ3) is 16.2. The van der Waals surface area contributed by atoms with Crippen LogP contribution in [0.1, 0.15) is 123 Å². The molecule has 1 aliphatic carbocycles. The van der Waals surface area contributed by atoms with Gasteiger partial charge in [0.1, 0.15) is 11.5 Å². The summed E-state index contributed by atoms with van der Waals surface area (Å²) in [7, 11) is 2.64. The number of sulfonamides is 1. The summed E-state index contributed by atoms with van der Waals surface area (Å²) in [5, 5.41) is 19.5. The maximum absolute atomic E-state index is 14.5. The number of carboxylic acids is 1. The van der Waals surface area contributed by atoms with E-state index < -0.39 is 81.5 Å². The van der Waals surface area contributed by atoms with Crippen molar-refractivity contribution in [3.05, 3.63) is 47.8 Å². The van der Waals surface area contributed by atoms with E-state index in [1.807, 2.05) is 40.8 Å². The summed E-state index contributed by atoms with van der Waals surface area (Å²) in [6, 6.07) is 8.29. The smallest absolute Gasteiger partial charge is 0.304 e. The number of nitrogens with one attached hydrogen (secondary N) is 2. The van der Waals surface area contributed by atoms with Crippen molar-refractivity contribution < 1.29 is 56.6 Å². The molecule has 1 saturated carbocycles. The zero-order valence-electron chi connectivity index (χ0n) is 45.8. The minimum Gasteiger partial charge on any atom is -0.481 e. The number of hydrogen-bond acceptors (Lipinski definition) is 14. The van der Waals surface area contributed by atoms with Gasteiger partial charge >= 0.3 is 5.97 Å². The molecular weight excluding hydrogens is 985 g/mol. The molecule has 1 aromatic heterocycles. The van der Waals surface area contributed by atoms with Crippen LogP contribution in [-0.2, 0) is 72.6 Å². The molecule has 3 fully saturated rings. The lowest BCUT2D eigenvalue weighted by molar-refractivity contribution is -0.149. The Morgan fingerprint density at radius 1 is 0.920 bits per heavy atom. The molecule has 418 valence electrons. The second-order valence-electron chi connectivity index (χ2n) is 21.8. The quantitative estimate of drug-likeness (QED) is 0.0952. The van der Waals surface area contributed by atoms with Gasteiger partial charge < -0.3 is 29.7 Å². The predicted octanol–water partition coefficient (Wildman–Crippen LogP) is 4.29. The van der Waals surface area contributed by atoms with E-state index in [0.29, 0.717) is 43.5 Å². The fraction of sp³-hybridized carbons (Fsp3) is 0.722. The molecule has 20 nitrogen and oxygen atoms in total. The highest BCUT2D eigenvalue weighted by Crippen LogP contribution is 2.43. The standard InChI is InChI=1S/C54H84N8O12S/c1-11-34(4)49(60(8)54(70)42(33(2)3)29-45(64)50-38-20-21-41(27-38)59(50)7)46(73-9)30-47(65)62-23-15-19-43(62)51(74-10)36(6)44(63)28-39(26-37-17-13-12-14-18-37)53(69)57-75(71,72)24-16-22-61-32-40(56-58-61)31-55-52(68)35(5)25-48(66)67/h12-14,17-18,32-36,38-39,41-43,46,49-51H,11,15-16,19-31H2,1-10H3,(H,55,68)(H,57,69)(H,66,67)/t34-,35?,36-,38-,39+,41+,42-,43-,46+,49-,50-,51+/m0/s1. The Hall–Kier alpha value is -5.12. The first-order valence-corrected chi connectivity index (χ1v) is 28.5. The molecule has 5 rings (SSSR count). The van der Waals surface area contributed by atoms with E-state index >= 15 is 0 Å². The fourth-order valence-corrected chi connectivity index (χ4v) is 12.9. The Labute approximate surface area is 443 Å². The van der Waals surface area contributed by atoms with Gasteiger partial charge in [0, 0.05) is 76.9 Å².